The minimum absolute atomic E-state index is 0.143. The summed E-state index contributed by atoms with van der Waals surface area (Å²) in [5.41, 5.74) is 0.553. The highest BCUT2D eigenvalue weighted by atomic mass is 35.5. The molecule has 116 valence electrons. The van der Waals surface area contributed by atoms with E-state index in [0.29, 0.717) is 24.7 Å². The van der Waals surface area contributed by atoms with Crippen molar-refractivity contribution in [2.45, 2.75) is 18.8 Å². The SMILES string of the molecule is O=C(Nc1cc(Cl)nc(Cl)c1)N1CCC(c2nccs2)CC1. The number of thiazole rings is 1. The molecule has 1 aliphatic rings. The van der Waals surface area contributed by atoms with E-state index in [4.69, 9.17) is 23.2 Å². The van der Waals surface area contributed by atoms with Crippen LogP contribution in [-0.2, 0) is 0 Å². The predicted molar refractivity (Wildman–Crippen MR) is 88.9 cm³/mol. The van der Waals surface area contributed by atoms with Gasteiger partial charge < -0.3 is 10.2 Å². The molecular formula is C14H14Cl2N4OS. The molecule has 0 atom stereocenters. The molecule has 2 aromatic heterocycles. The van der Waals surface area contributed by atoms with Gasteiger partial charge in [0.25, 0.3) is 0 Å². The fourth-order valence-electron chi connectivity index (χ4n) is 2.51. The van der Waals surface area contributed by atoms with Crippen LogP contribution in [0.2, 0.25) is 10.3 Å². The summed E-state index contributed by atoms with van der Waals surface area (Å²) in [6, 6.07) is 3.01. The number of nitrogens with one attached hydrogen (secondary N) is 1. The Morgan fingerprint density at radius 2 is 1.95 bits per heavy atom. The molecule has 0 unspecified atom stereocenters. The van der Waals surface area contributed by atoms with Crippen molar-refractivity contribution < 1.29 is 4.79 Å². The van der Waals surface area contributed by atoms with Crippen molar-refractivity contribution in [2.75, 3.05) is 18.4 Å². The molecule has 2 amide bonds. The zero-order valence-corrected chi connectivity index (χ0v) is 14.0. The second-order valence-electron chi connectivity index (χ2n) is 5.06. The summed E-state index contributed by atoms with van der Waals surface area (Å²) in [5, 5.41) is 6.47. The lowest BCUT2D eigenvalue weighted by molar-refractivity contribution is 0.194. The first-order chi connectivity index (χ1) is 10.6. The van der Waals surface area contributed by atoms with Crippen LogP contribution >= 0.6 is 34.5 Å². The average molecular weight is 357 g/mol. The van der Waals surface area contributed by atoms with Gasteiger partial charge in [0.05, 0.1) is 5.01 Å². The number of urea groups is 1. The highest BCUT2D eigenvalue weighted by Crippen LogP contribution is 2.29. The summed E-state index contributed by atoms with van der Waals surface area (Å²) >= 11 is 13.3. The van der Waals surface area contributed by atoms with Crippen LogP contribution in [0.4, 0.5) is 10.5 Å². The number of aromatic nitrogens is 2. The number of likely N-dealkylation sites (tertiary alicyclic amines) is 1. The average Bonchev–Trinajstić information content (AvgIpc) is 3.00. The van der Waals surface area contributed by atoms with Gasteiger partial charge in [-0.3, -0.25) is 0 Å². The van der Waals surface area contributed by atoms with Crippen molar-refractivity contribution >= 4 is 46.3 Å². The second-order valence-corrected chi connectivity index (χ2v) is 6.76. The van der Waals surface area contributed by atoms with Crippen LogP contribution in [-0.4, -0.2) is 34.0 Å². The number of hydrogen-bond donors (Lipinski definition) is 1. The van der Waals surface area contributed by atoms with Crippen molar-refractivity contribution in [1.82, 2.24) is 14.9 Å². The second kappa shape index (κ2) is 6.81. The molecular weight excluding hydrogens is 343 g/mol. The van der Waals surface area contributed by atoms with Crippen LogP contribution in [0.15, 0.2) is 23.7 Å². The zero-order chi connectivity index (χ0) is 15.5. The molecule has 8 heteroatoms. The highest BCUT2D eigenvalue weighted by molar-refractivity contribution is 7.09. The number of nitrogens with zero attached hydrogens (tertiary/aromatic N) is 3. The summed E-state index contributed by atoms with van der Waals surface area (Å²) in [6.45, 7) is 1.42. The Balaban J connectivity index is 1.58. The maximum Gasteiger partial charge on any atom is 0.321 e. The lowest BCUT2D eigenvalue weighted by Gasteiger charge is -2.31. The number of hydrogen-bond acceptors (Lipinski definition) is 4. The first-order valence-corrected chi connectivity index (χ1v) is 8.54. The molecule has 3 rings (SSSR count). The number of halogens is 2. The number of pyridine rings is 1. The monoisotopic (exact) mass is 356 g/mol. The molecule has 0 aromatic carbocycles. The van der Waals surface area contributed by atoms with Crippen LogP contribution in [0.3, 0.4) is 0 Å². The molecule has 1 aliphatic heterocycles. The van der Waals surface area contributed by atoms with E-state index in [2.05, 4.69) is 15.3 Å². The molecule has 0 radical (unpaired) electrons. The van der Waals surface area contributed by atoms with Crippen LogP contribution in [0.5, 0.6) is 0 Å². The number of rotatable bonds is 2. The Hall–Kier alpha value is -1.37. The fourth-order valence-corrected chi connectivity index (χ4v) is 3.78. The Morgan fingerprint density at radius 3 is 2.55 bits per heavy atom. The van der Waals surface area contributed by atoms with E-state index in [0.717, 1.165) is 17.8 Å². The summed E-state index contributed by atoms with van der Waals surface area (Å²) in [7, 11) is 0. The van der Waals surface area contributed by atoms with Crippen molar-refractivity contribution in [3.63, 3.8) is 0 Å². The molecule has 1 saturated heterocycles. The van der Waals surface area contributed by atoms with Gasteiger partial charge >= 0.3 is 6.03 Å². The van der Waals surface area contributed by atoms with E-state index < -0.39 is 0 Å². The Kier molecular flexibility index (Phi) is 4.81. The largest absolute Gasteiger partial charge is 0.324 e. The standard InChI is InChI=1S/C14H14Cl2N4OS/c15-11-7-10(8-12(16)19-11)18-14(21)20-4-1-9(2-5-20)13-17-3-6-22-13/h3,6-9H,1-2,4-5H2,(H,18,19,21). The third-order valence-corrected chi connectivity index (χ3v) is 4.92. The van der Waals surface area contributed by atoms with Crippen LogP contribution in [0.1, 0.15) is 23.8 Å². The quantitative estimate of drug-likeness (QED) is 0.818. The third kappa shape index (κ3) is 3.69. The maximum atomic E-state index is 12.3. The minimum atomic E-state index is -0.143. The van der Waals surface area contributed by atoms with Gasteiger partial charge in [0, 0.05) is 36.3 Å². The molecule has 1 fully saturated rings. The van der Waals surface area contributed by atoms with Gasteiger partial charge in [-0.05, 0) is 25.0 Å². The number of carbonyl (C=O) groups is 1. The predicted octanol–water partition coefficient (Wildman–Crippen LogP) is 4.26. The molecule has 0 aliphatic carbocycles. The lowest BCUT2D eigenvalue weighted by atomic mass is 9.98. The minimum Gasteiger partial charge on any atom is -0.324 e. The van der Waals surface area contributed by atoms with Gasteiger partial charge in [0.15, 0.2) is 0 Å². The van der Waals surface area contributed by atoms with Crippen molar-refractivity contribution in [2.24, 2.45) is 0 Å². The molecule has 2 aromatic rings. The van der Waals surface area contributed by atoms with E-state index in [1.165, 1.54) is 0 Å². The van der Waals surface area contributed by atoms with Crippen molar-refractivity contribution in [1.29, 1.82) is 0 Å². The van der Waals surface area contributed by atoms with E-state index in [9.17, 15) is 4.79 Å². The number of piperidine rings is 1. The fraction of sp³-hybridized carbons (Fsp3) is 0.357. The van der Waals surface area contributed by atoms with Crippen LogP contribution in [0.25, 0.3) is 0 Å². The van der Waals surface area contributed by atoms with E-state index in [1.54, 1.807) is 28.4 Å². The molecule has 1 N–H and O–H groups in total. The molecule has 0 saturated carbocycles. The summed E-state index contributed by atoms with van der Waals surface area (Å²) in [6.07, 6.45) is 3.69. The number of anilines is 1. The van der Waals surface area contributed by atoms with E-state index in [-0.39, 0.29) is 16.3 Å². The normalized spacial score (nSPS) is 15.8. The molecule has 0 spiro atoms. The van der Waals surface area contributed by atoms with Gasteiger partial charge in [0.1, 0.15) is 10.3 Å². The molecule has 0 bridgehead atoms. The molecule has 22 heavy (non-hydrogen) atoms. The Morgan fingerprint density at radius 1 is 1.27 bits per heavy atom. The molecule has 5 nitrogen and oxygen atoms in total. The Bertz CT molecular complexity index is 637. The zero-order valence-electron chi connectivity index (χ0n) is 11.6. The maximum absolute atomic E-state index is 12.3. The van der Waals surface area contributed by atoms with E-state index in [1.807, 2.05) is 11.6 Å². The van der Waals surface area contributed by atoms with Gasteiger partial charge in [0.2, 0.25) is 0 Å². The van der Waals surface area contributed by atoms with Gasteiger partial charge in [-0.25, -0.2) is 14.8 Å². The first kappa shape index (κ1) is 15.5. The van der Waals surface area contributed by atoms with E-state index >= 15 is 0 Å². The third-order valence-electron chi connectivity index (χ3n) is 3.60. The van der Waals surface area contributed by atoms with Gasteiger partial charge in [-0.15, -0.1) is 11.3 Å². The van der Waals surface area contributed by atoms with Crippen LogP contribution < -0.4 is 5.32 Å². The van der Waals surface area contributed by atoms with Crippen molar-refractivity contribution in [3.8, 4) is 0 Å². The van der Waals surface area contributed by atoms with Crippen molar-refractivity contribution in [3.05, 3.63) is 39.0 Å². The summed E-state index contributed by atoms with van der Waals surface area (Å²) in [5.74, 6) is 0.453. The lowest BCUT2D eigenvalue weighted by Crippen LogP contribution is -2.40. The van der Waals surface area contributed by atoms with Gasteiger partial charge in [-0.2, -0.15) is 0 Å². The highest BCUT2D eigenvalue weighted by Gasteiger charge is 2.25. The molecule has 3 heterocycles. The topological polar surface area (TPSA) is 58.1 Å². The smallest absolute Gasteiger partial charge is 0.321 e. The number of carbonyl (C=O) groups excluding carboxylic acids is 1. The number of amides is 2. The Labute approximate surface area is 142 Å². The van der Waals surface area contributed by atoms with Crippen LogP contribution in [0, 0.1) is 0 Å². The van der Waals surface area contributed by atoms with Gasteiger partial charge in [-0.1, -0.05) is 23.2 Å². The first-order valence-electron chi connectivity index (χ1n) is 6.90. The summed E-state index contributed by atoms with van der Waals surface area (Å²) in [4.78, 5) is 22.3. The summed E-state index contributed by atoms with van der Waals surface area (Å²) < 4.78 is 0.